The van der Waals surface area contributed by atoms with Crippen molar-refractivity contribution in [2.75, 3.05) is 50.0 Å². The first-order valence-corrected chi connectivity index (χ1v) is 12.3. The summed E-state index contributed by atoms with van der Waals surface area (Å²) in [7, 11) is 0. The highest BCUT2D eigenvalue weighted by atomic mass is 19.4. The highest BCUT2D eigenvalue weighted by Gasteiger charge is 2.33. The minimum atomic E-state index is -4.42. The molecular weight excluding hydrogens is 471 g/mol. The Morgan fingerprint density at radius 2 is 1.83 bits per heavy atom. The molecule has 0 atom stereocenters. The lowest BCUT2D eigenvalue weighted by molar-refractivity contribution is -0.138. The van der Waals surface area contributed by atoms with Crippen LogP contribution in [0.5, 0.6) is 0 Å². The number of hydrogen-bond acceptors (Lipinski definition) is 7. The van der Waals surface area contributed by atoms with Gasteiger partial charge in [0.05, 0.1) is 35.9 Å². The molecule has 0 amide bonds. The number of ether oxygens (including phenoxy) is 1. The number of alkyl halides is 3. The molecule has 36 heavy (non-hydrogen) atoms. The van der Waals surface area contributed by atoms with Gasteiger partial charge in [-0.25, -0.2) is 9.50 Å². The molecule has 4 N–H and O–H groups in total. The average Bonchev–Trinajstić information content (AvgIpc) is 3.19. The van der Waals surface area contributed by atoms with Crippen molar-refractivity contribution in [3.8, 4) is 0 Å². The lowest BCUT2D eigenvalue weighted by Gasteiger charge is -2.29. The first kappa shape index (κ1) is 24.8. The molecule has 8 nitrogen and oxygen atoms in total. The number of imidazole rings is 1. The van der Waals surface area contributed by atoms with Gasteiger partial charge in [-0.1, -0.05) is 12.1 Å². The maximum absolute atomic E-state index is 13.6. The first-order chi connectivity index (χ1) is 17.2. The van der Waals surface area contributed by atoms with E-state index in [1.807, 2.05) is 6.07 Å². The third-order valence-corrected chi connectivity index (χ3v) is 7.23. The molecule has 4 heterocycles. The second-order valence-corrected chi connectivity index (χ2v) is 9.68. The molecule has 0 bridgehead atoms. The lowest BCUT2D eigenvalue weighted by Crippen LogP contribution is -2.39. The van der Waals surface area contributed by atoms with E-state index in [9.17, 15) is 13.2 Å². The molecule has 2 aliphatic rings. The van der Waals surface area contributed by atoms with Gasteiger partial charge in [0.15, 0.2) is 11.5 Å². The van der Waals surface area contributed by atoms with E-state index in [4.69, 9.17) is 26.3 Å². The number of likely N-dealkylation sites (tertiary alicyclic amines) is 1. The van der Waals surface area contributed by atoms with Crippen LogP contribution in [0.25, 0.3) is 5.65 Å². The summed E-state index contributed by atoms with van der Waals surface area (Å²) in [5.41, 5.74) is 15.2. The highest BCUT2D eigenvalue weighted by Crippen LogP contribution is 2.34. The Balaban J connectivity index is 1.58. The zero-order valence-corrected chi connectivity index (χ0v) is 20.4. The Kier molecular flexibility index (Phi) is 6.80. The Bertz CT molecular complexity index is 1230. The minimum Gasteiger partial charge on any atom is -0.396 e. The summed E-state index contributed by atoms with van der Waals surface area (Å²) in [5, 5.41) is 4.87. The summed E-state index contributed by atoms with van der Waals surface area (Å²) in [6, 6.07) is 6.33. The van der Waals surface area contributed by atoms with Crippen LogP contribution in [0.1, 0.15) is 40.9 Å². The topological polar surface area (TPSA) is 97.9 Å². The van der Waals surface area contributed by atoms with E-state index >= 15 is 0 Å². The van der Waals surface area contributed by atoms with Crippen molar-refractivity contribution in [1.29, 1.82) is 0 Å². The predicted octanol–water partition coefficient (Wildman–Crippen LogP) is 2.99. The van der Waals surface area contributed by atoms with Crippen LogP contribution in [-0.2, 0) is 23.9 Å². The minimum absolute atomic E-state index is 0.197. The normalized spacial score (nSPS) is 18.3. The van der Waals surface area contributed by atoms with E-state index in [2.05, 4.69) is 9.80 Å². The maximum Gasteiger partial charge on any atom is 0.416 e. The van der Waals surface area contributed by atoms with Gasteiger partial charge in [0.25, 0.3) is 0 Å². The number of piperidine rings is 1. The fraction of sp³-hybridized carbons (Fsp3) is 0.520. The first-order valence-electron chi connectivity index (χ1n) is 12.3. The number of benzene rings is 1. The van der Waals surface area contributed by atoms with Crippen LogP contribution in [0.3, 0.4) is 0 Å². The maximum atomic E-state index is 13.6. The Labute approximate surface area is 208 Å². The summed E-state index contributed by atoms with van der Waals surface area (Å²) in [4.78, 5) is 9.23. The van der Waals surface area contributed by atoms with E-state index < -0.39 is 11.7 Å². The number of aromatic nitrogens is 3. The zero-order chi connectivity index (χ0) is 25.4. The SMILES string of the molecule is Cc1c(Cc2c(CN3CCC(N)CC3)nc3c(N)cc(N4CCOCC4)nn23)cccc1C(F)(F)F. The van der Waals surface area contributed by atoms with Gasteiger partial charge in [0, 0.05) is 51.3 Å². The summed E-state index contributed by atoms with van der Waals surface area (Å²) in [6.45, 7) is 6.36. The second kappa shape index (κ2) is 9.87. The molecule has 2 saturated heterocycles. The van der Waals surface area contributed by atoms with Crippen molar-refractivity contribution in [2.45, 2.75) is 44.9 Å². The fourth-order valence-electron chi connectivity index (χ4n) is 5.06. The van der Waals surface area contributed by atoms with Gasteiger partial charge in [-0.3, -0.25) is 4.90 Å². The molecule has 2 aliphatic heterocycles. The largest absolute Gasteiger partial charge is 0.416 e. The highest BCUT2D eigenvalue weighted by molar-refractivity contribution is 5.69. The van der Waals surface area contributed by atoms with Crippen LogP contribution in [0, 0.1) is 6.92 Å². The summed E-state index contributed by atoms with van der Waals surface area (Å²) < 4.78 is 48.0. The standard InChI is InChI=1S/C25H32F3N7O/c1-16-17(3-2-4-19(16)25(26,27)28)13-22-21(15-33-7-5-18(29)6-8-33)31-24-20(30)14-23(32-35(22)24)34-9-11-36-12-10-34/h2-4,14,18H,5-13,15,29-30H2,1H3. The average molecular weight is 504 g/mol. The molecule has 3 aromatic rings. The molecule has 1 aromatic carbocycles. The quantitative estimate of drug-likeness (QED) is 0.552. The van der Waals surface area contributed by atoms with Gasteiger partial charge in [-0.2, -0.15) is 13.2 Å². The van der Waals surface area contributed by atoms with Crippen LogP contribution in [0.4, 0.5) is 24.7 Å². The molecule has 5 rings (SSSR count). The van der Waals surface area contributed by atoms with Gasteiger partial charge in [0.1, 0.15) is 0 Å². The van der Waals surface area contributed by atoms with E-state index in [1.165, 1.54) is 13.0 Å². The van der Waals surface area contributed by atoms with Crippen molar-refractivity contribution in [3.63, 3.8) is 0 Å². The van der Waals surface area contributed by atoms with E-state index in [1.54, 1.807) is 10.6 Å². The van der Waals surface area contributed by atoms with Crippen molar-refractivity contribution >= 4 is 17.2 Å². The fourth-order valence-corrected chi connectivity index (χ4v) is 5.06. The Morgan fingerprint density at radius 1 is 1.11 bits per heavy atom. The molecule has 0 spiro atoms. The number of nitrogens with zero attached hydrogens (tertiary/aromatic N) is 5. The summed E-state index contributed by atoms with van der Waals surface area (Å²) >= 11 is 0. The molecular formula is C25H32F3N7O. The second-order valence-electron chi connectivity index (χ2n) is 9.68. The van der Waals surface area contributed by atoms with Crippen LogP contribution in [0.2, 0.25) is 0 Å². The van der Waals surface area contributed by atoms with Crippen molar-refractivity contribution < 1.29 is 17.9 Å². The Hall–Kier alpha value is -2.89. The number of hydrogen-bond donors (Lipinski definition) is 2. The van der Waals surface area contributed by atoms with Gasteiger partial charge in [-0.15, -0.1) is 5.10 Å². The molecule has 0 unspecified atom stereocenters. The predicted molar refractivity (Wildman–Crippen MR) is 132 cm³/mol. The third-order valence-electron chi connectivity index (χ3n) is 7.23. The van der Waals surface area contributed by atoms with Gasteiger partial charge in [-0.05, 0) is 37.0 Å². The monoisotopic (exact) mass is 503 g/mol. The smallest absolute Gasteiger partial charge is 0.396 e. The van der Waals surface area contributed by atoms with E-state index in [-0.39, 0.29) is 18.0 Å². The number of rotatable bonds is 5. The van der Waals surface area contributed by atoms with Crippen molar-refractivity contribution in [3.05, 3.63) is 52.3 Å². The molecule has 2 aromatic heterocycles. The number of morpholine rings is 1. The summed E-state index contributed by atoms with van der Waals surface area (Å²) in [6.07, 6.45) is -2.35. The number of nitrogens with two attached hydrogens (primary N) is 2. The number of anilines is 2. The number of fused-ring (bicyclic) bond motifs is 1. The third kappa shape index (κ3) is 5.00. The molecule has 11 heteroatoms. The molecule has 0 aliphatic carbocycles. The van der Waals surface area contributed by atoms with E-state index in [0.29, 0.717) is 55.6 Å². The van der Waals surface area contributed by atoms with Gasteiger partial charge < -0.3 is 21.1 Å². The summed E-state index contributed by atoms with van der Waals surface area (Å²) in [5.74, 6) is 0.707. The van der Waals surface area contributed by atoms with Crippen LogP contribution in [0.15, 0.2) is 24.3 Å². The molecule has 0 radical (unpaired) electrons. The van der Waals surface area contributed by atoms with Crippen LogP contribution < -0.4 is 16.4 Å². The number of nitrogen functional groups attached to an aromatic ring is 1. The van der Waals surface area contributed by atoms with Crippen molar-refractivity contribution in [1.82, 2.24) is 19.5 Å². The zero-order valence-electron chi connectivity index (χ0n) is 20.4. The van der Waals surface area contributed by atoms with Gasteiger partial charge >= 0.3 is 6.18 Å². The molecule has 0 saturated carbocycles. The lowest BCUT2D eigenvalue weighted by atomic mass is 9.97. The van der Waals surface area contributed by atoms with E-state index in [0.717, 1.165) is 43.4 Å². The van der Waals surface area contributed by atoms with Gasteiger partial charge in [0.2, 0.25) is 0 Å². The number of halogens is 3. The Morgan fingerprint density at radius 3 is 2.53 bits per heavy atom. The van der Waals surface area contributed by atoms with Crippen LogP contribution in [-0.4, -0.2) is 64.9 Å². The molecule has 194 valence electrons. The molecule has 2 fully saturated rings. The van der Waals surface area contributed by atoms with Crippen molar-refractivity contribution in [2.24, 2.45) is 5.73 Å². The van der Waals surface area contributed by atoms with Crippen LogP contribution >= 0.6 is 0 Å².